The molecule has 146 valence electrons. The first-order chi connectivity index (χ1) is 13.7. The lowest BCUT2D eigenvalue weighted by Crippen LogP contribution is -2.35. The minimum absolute atomic E-state index is 0.175. The molecule has 6 nitrogen and oxygen atoms in total. The number of hydrogen-bond acceptors (Lipinski definition) is 5. The minimum atomic E-state index is -0.175. The van der Waals surface area contributed by atoms with Crippen molar-refractivity contribution < 1.29 is 14.7 Å². The van der Waals surface area contributed by atoms with Crippen LogP contribution in [0, 0.1) is 11.8 Å². The molecule has 0 aliphatic carbocycles. The summed E-state index contributed by atoms with van der Waals surface area (Å²) in [5, 5.41) is 11.2. The molecular weight excluding hydrogens is 354 g/mol. The van der Waals surface area contributed by atoms with Gasteiger partial charge in [-0.3, -0.25) is 9.69 Å². The highest BCUT2D eigenvalue weighted by Gasteiger charge is 2.10. The number of carbonyl (C=O) groups excluding carboxylic acids is 1. The largest absolute Gasteiger partial charge is 0.379 e. The Morgan fingerprint density at radius 3 is 2.18 bits per heavy atom. The molecule has 3 rings (SSSR count). The van der Waals surface area contributed by atoms with Gasteiger partial charge in [0.15, 0.2) is 0 Å². The standard InChI is InChI=1S/C22H25N3O3/c26-22(23-11-12-24-27)21-9-7-19(8-10-21)2-1-18-3-5-20(6-4-18)17-25-13-15-28-16-14-25/h3-10,24,27H,11-17H2,(H,23,26). The van der Waals surface area contributed by atoms with Crippen LogP contribution in [0.15, 0.2) is 48.5 Å². The molecule has 28 heavy (non-hydrogen) atoms. The topological polar surface area (TPSA) is 73.8 Å². The summed E-state index contributed by atoms with van der Waals surface area (Å²) < 4.78 is 5.38. The highest BCUT2D eigenvalue weighted by molar-refractivity contribution is 5.94. The number of nitrogens with one attached hydrogen (secondary N) is 2. The molecule has 1 amide bonds. The van der Waals surface area contributed by atoms with Crippen LogP contribution in [0.3, 0.4) is 0 Å². The first-order valence-electron chi connectivity index (χ1n) is 9.41. The minimum Gasteiger partial charge on any atom is -0.379 e. The van der Waals surface area contributed by atoms with Gasteiger partial charge in [-0.1, -0.05) is 24.0 Å². The van der Waals surface area contributed by atoms with Gasteiger partial charge in [-0.15, -0.1) is 0 Å². The normalized spacial score (nSPS) is 14.2. The third-order valence-corrected chi connectivity index (χ3v) is 4.48. The van der Waals surface area contributed by atoms with Crippen LogP contribution in [0.2, 0.25) is 0 Å². The second kappa shape index (κ2) is 10.6. The zero-order valence-electron chi connectivity index (χ0n) is 15.8. The number of amides is 1. The van der Waals surface area contributed by atoms with Gasteiger partial charge in [-0.2, -0.15) is 0 Å². The molecule has 1 fully saturated rings. The number of hydrogen-bond donors (Lipinski definition) is 3. The highest BCUT2D eigenvalue weighted by Crippen LogP contribution is 2.09. The van der Waals surface area contributed by atoms with E-state index in [1.165, 1.54) is 5.56 Å². The maximum atomic E-state index is 11.9. The van der Waals surface area contributed by atoms with Gasteiger partial charge in [-0.05, 0) is 42.0 Å². The van der Waals surface area contributed by atoms with E-state index in [2.05, 4.69) is 34.2 Å². The summed E-state index contributed by atoms with van der Waals surface area (Å²) >= 11 is 0. The molecule has 1 aliphatic rings. The smallest absolute Gasteiger partial charge is 0.251 e. The zero-order chi connectivity index (χ0) is 19.6. The van der Waals surface area contributed by atoms with Gasteiger partial charge < -0.3 is 15.3 Å². The van der Waals surface area contributed by atoms with Crippen molar-refractivity contribution >= 4 is 5.91 Å². The number of nitrogens with zero attached hydrogens (tertiary/aromatic N) is 1. The zero-order valence-corrected chi connectivity index (χ0v) is 15.8. The van der Waals surface area contributed by atoms with Crippen LogP contribution in [0.5, 0.6) is 0 Å². The van der Waals surface area contributed by atoms with Crippen molar-refractivity contribution in [1.82, 2.24) is 15.7 Å². The Balaban J connectivity index is 1.54. The van der Waals surface area contributed by atoms with Crippen molar-refractivity contribution in [2.45, 2.75) is 6.54 Å². The fourth-order valence-electron chi connectivity index (χ4n) is 2.89. The second-order valence-electron chi connectivity index (χ2n) is 6.58. The van der Waals surface area contributed by atoms with E-state index < -0.39 is 0 Å². The van der Waals surface area contributed by atoms with Gasteiger partial charge in [0.05, 0.1) is 13.2 Å². The lowest BCUT2D eigenvalue weighted by molar-refractivity contribution is 0.0342. The fraction of sp³-hybridized carbons (Fsp3) is 0.318. The molecule has 6 heteroatoms. The number of hydroxylamine groups is 1. The molecule has 2 aromatic carbocycles. The van der Waals surface area contributed by atoms with Gasteiger partial charge in [0, 0.05) is 49.4 Å². The van der Waals surface area contributed by atoms with Crippen LogP contribution < -0.4 is 10.8 Å². The van der Waals surface area contributed by atoms with Crippen molar-refractivity contribution in [2.24, 2.45) is 0 Å². The molecule has 0 bridgehead atoms. The molecular formula is C22H25N3O3. The van der Waals surface area contributed by atoms with Gasteiger partial charge >= 0.3 is 0 Å². The van der Waals surface area contributed by atoms with E-state index in [0.29, 0.717) is 18.7 Å². The van der Waals surface area contributed by atoms with Crippen LogP contribution in [0.4, 0.5) is 0 Å². The van der Waals surface area contributed by atoms with Crippen molar-refractivity contribution in [3.63, 3.8) is 0 Å². The Morgan fingerprint density at radius 1 is 0.964 bits per heavy atom. The maximum Gasteiger partial charge on any atom is 0.251 e. The van der Waals surface area contributed by atoms with Crippen molar-refractivity contribution in [3.05, 3.63) is 70.8 Å². The molecule has 0 radical (unpaired) electrons. The number of morpholine rings is 1. The van der Waals surface area contributed by atoms with E-state index in [1.54, 1.807) is 12.1 Å². The van der Waals surface area contributed by atoms with Crippen molar-refractivity contribution in [1.29, 1.82) is 0 Å². The third kappa shape index (κ3) is 6.19. The SMILES string of the molecule is O=C(NCCNO)c1ccc(C#Cc2ccc(CN3CCOCC3)cc2)cc1. The number of ether oxygens (including phenoxy) is 1. The van der Waals surface area contributed by atoms with E-state index in [1.807, 2.05) is 29.7 Å². The molecule has 3 N–H and O–H groups in total. The number of benzene rings is 2. The molecule has 1 aliphatic heterocycles. The first-order valence-corrected chi connectivity index (χ1v) is 9.41. The molecule has 1 saturated heterocycles. The third-order valence-electron chi connectivity index (χ3n) is 4.48. The van der Waals surface area contributed by atoms with Crippen LogP contribution >= 0.6 is 0 Å². The Kier molecular flexibility index (Phi) is 7.59. The van der Waals surface area contributed by atoms with E-state index in [-0.39, 0.29) is 5.91 Å². The highest BCUT2D eigenvalue weighted by atomic mass is 16.5. The molecule has 0 spiro atoms. The van der Waals surface area contributed by atoms with Gasteiger partial charge in [0.25, 0.3) is 5.91 Å². The molecule has 2 aromatic rings. The summed E-state index contributed by atoms with van der Waals surface area (Å²) in [6.07, 6.45) is 0. The second-order valence-corrected chi connectivity index (χ2v) is 6.58. The Labute approximate surface area is 165 Å². The summed E-state index contributed by atoms with van der Waals surface area (Å²) in [6.45, 7) is 5.18. The molecule has 0 unspecified atom stereocenters. The van der Waals surface area contributed by atoms with Crippen molar-refractivity contribution in [2.75, 3.05) is 39.4 Å². The molecule has 0 aromatic heterocycles. The fourth-order valence-corrected chi connectivity index (χ4v) is 2.89. The summed E-state index contributed by atoms with van der Waals surface area (Å²) in [5.74, 6) is 6.12. The average molecular weight is 379 g/mol. The quantitative estimate of drug-likeness (QED) is 0.404. The first kappa shape index (κ1) is 20.1. The monoisotopic (exact) mass is 379 g/mol. The van der Waals surface area contributed by atoms with E-state index >= 15 is 0 Å². The predicted molar refractivity (Wildman–Crippen MR) is 107 cm³/mol. The van der Waals surface area contributed by atoms with E-state index in [0.717, 1.165) is 44.0 Å². The lowest BCUT2D eigenvalue weighted by Gasteiger charge is -2.26. The van der Waals surface area contributed by atoms with Gasteiger partial charge in [0.1, 0.15) is 0 Å². The van der Waals surface area contributed by atoms with Gasteiger partial charge in [0.2, 0.25) is 0 Å². The molecule has 1 heterocycles. The maximum absolute atomic E-state index is 11.9. The number of carbonyl (C=O) groups is 1. The van der Waals surface area contributed by atoms with Gasteiger partial charge in [-0.25, -0.2) is 5.48 Å². The average Bonchev–Trinajstić information content (AvgIpc) is 2.74. The van der Waals surface area contributed by atoms with E-state index in [4.69, 9.17) is 9.94 Å². The van der Waals surface area contributed by atoms with Crippen LogP contribution in [0.25, 0.3) is 0 Å². The van der Waals surface area contributed by atoms with Crippen molar-refractivity contribution in [3.8, 4) is 11.8 Å². The Hall–Kier alpha value is -2.69. The van der Waals surface area contributed by atoms with E-state index in [9.17, 15) is 4.79 Å². The summed E-state index contributed by atoms with van der Waals surface area (Å²) in [5.41, 5.74) is 5.66. The predicted octanol–water partition coefficient (Wildman–Crippen LogP) is 1.63. The lowest BCUT2D eigenvalue weighted by atomic mass is 10.1. The summed E-state index contributed by atoms with van der Waals surface area (Å²) in [4.78, 5) is 14.3. The summed E-state index contributed by atoms with van der Waals surface area (Å²) in [7, 11) is 0. The molecule has 0 saturated carbocycles. The Morgan fingerprint density at radius 2 is 1.57 bits per heavy atom. The Bertz CT molecular complexity index is 817. The van der Waals surface area contributed by atoms with Crippen LogP contribution in [0.1, 0.15) is 27.0 Å². The summed E-state index contributed by atoms with van der Waals surface area (Å²) in [6, 6.07) is 15.5. The van der Waals surface area contributed by atoms with Crippen LogP contribution in [-0.2, 0) is 11.3 Å². The number of rotatable bonds is 6. The molecule has 0 atom stereocenters. The van der Waals surface area contributed by atoms with Crippen LogP contribution in [-0.4, -0.2) is 55.4 Å².